The predicted molar refractivity (Wildman–Crippen MR) is 60.3 cm³/mol. The average molecular weight is 243 g/mol. The lowest BCUT2D eigenvalue weighted by atomic mass is 10.2. The summed E-state index contributed by atoms with van der Waals surface area (Å²) in [6.07, 6.45) is 0. The van der Waals surface area contributed by atoms with Gasteiger partial charge in [0.2, 0.25) is 0 Å². The normalized spacial score (nSPS) is 9.81. The second kappa shape index (κ2) is 5.20. The minimum absolute atomic E-state index is 0.104. The molecule has 1 amide bonds. The number of halogens is 1. The zero-order valence-corrected chi connectivity index (χ0v) is 9.60. The van der Waals surface area contributed by atoms with Crippen molar-refractivity contribution in [3.8, 4) is 5.75 Å². The molecule has 2 N–H and O–H groups in total. The summed E-state index contributed by atoms with van der Waals surface area (Å²) >= 11 is 5.80. The summed E-state index contributed by atoms with van der Waals surface area (Å²) < 4.78 is 4.59. The highest BCUT2D eigenvalue weighted by Gasteiger charge is 2.15. The Morgan fingerprint density at radius 2 is 2.06 bits per heavy atom. The maximum Gasteiger partial charge on any atom is 0.707 e. The molecule has 0 saturated carbocycles. The number of hydrogen-bond acceptors (Lipinski definition) is 4. The van der Waals surface area contributed by atoms with E-state index in [-0.39, 0.29) is 16.7 Å². The van der Waals surface area contributed by atoms with Crippen molar-refractivity contribution in [1.82, 2.24) is 4.90 Å². The SMILES string of the molecule is CN(C)C(=O)c1ccc(OB(O)O)c(Cl)c1. The van der Waals surface area contributed by atoms with E-state index >= 15 is 0 Å². The van der Waals surface area contributed by atoms with E-state index in [0.717, 1.165) is 0 Å². The molecule has 0 spiro atoms. The molecule has 16 heavy (non-hydrogen) atoms. The van der Waals surface area contributed by atoms with Crippen LogP contribution in [0.5, 0.6) is 5.75 Å². The molecule has 1 aromatic carbocycles. The van der Waals surface area contributed by atoms with E-state index in [1.807, 2.05) is 0 Å². The Morgan fingerprint density at radius 1 is 1.44 bits per heavy atom. The number of rotatable bonds is 3. The van der Waals surface area contributed by atoms with Crippen LogP contribution in [0.2, 0.25) is 5.02 Å². The van der Waals surface area contributed by atoms with E-state index in [9.17, 15) is 4.79 Å². The van der Waals surface area contributed by atoms with Gasteiger partial charge in [0.25, 0.3) is 5.91 Å². The summed E-state index contributed by atoms with van der Waals surface area (Å²) in [7, 11) is 1.31. The van der Waals surface area contributed by atoms with Gasteiger partial charge in [-0.05, 0) is 18.2 Å². The fourth-order valence-corrected chi connectivity index (χ4v) is 1.33. The van der Waals surface area contributed by atoms with Crippen molar-refractivity contribution in [3.63, 3.8) is 0 Å². The third-order valence-electron chi connectivity index (χ3n) is 1.82. The first-order valence-corrected chi connectivity index (χ1v) is 4.83. The van der Waals surface area contributed by atoms with Crippen molar-refractivity contribution in [2.45, 2.75) is 0 Å². The van der Waals surface area contributed by atoms with Crippen LogP contribution in [0.4, 0.5) is 0 Å². The minimum Gasteiger partial charge on any atom is -0.511 e. The summed E-state index contributed by atoms with van der Waals surface area (Å²) in [4.78, 5) is 13.0. The first-order valence-electron chi connectivity index (χ1n) is 4.46. The second-order valence-corrected chi connectivity index (χ2v) is 3.70. The van der Waals surface area contributed by atoms with Crippen LogP contribution in [0.25, 0.3) is 0 Å². The summed E-state index contributed by atoms with van der Waals surface area (Å²) in [6.45, 7) is 0. The predicted octanol–water partition coefficient (Wildman–Crippen LogP) is 0.390. The molecule has 0 saturated heterocycles. The Kier molecular flexibility index (Phi) is 4.17. The molecule has 0 aromatic heterocycles. The van der Waals surface area contributed by atoms with Crippen molar-refractivity contribution in [1.29, 1.82) is 0 Å². The van der Waals surface area contributed by atoms with Crippen LogP contribution in [0.1, 0.15) is 10.4 Å². The summed E-state index contributed by atoms with van der Waals surface area (Å²) in [5, 5.41) is 17.3. The van der Waals surface area contributed by atoms with Gasteiger partial charge in [-0.2, -0.15) is 0 Å². The minimum atomic E-state index is -1.94. The van der Waals surface area contributed by atoms with Crippen molar-refractivity contribution in [3.05, 3.63) is 28.8 Å². The molecular weight excluding hydrogens is 232 g/mol. The van der Waals surface area contributed by atoms with Crippen molar-refractivity contribution >= 4 is 24.8 Å². The molecule has 0 unspecified atom stereocenters. The lowest BCUT2D eigenvalue weighted by Gasteiger charge is -2.12. The fourth-order valence-electron chi connectivity index (χ4n) is 1.10. The highest BCUT2D eigenvalue weighted by Crippen LogP contribution is 2.25. The zero-order valence-electron chi connectivity index (χ0n) is 8.85. The molecule has 0 atom stereocenters. The van der Waals surface area contributed by atoms with E-state index in [1.54, 1.807) is 14.1 Å². The van der Waals surface area contributed by atoms with Crippen LogP contribution in [0.15, 0.2) is 18.2 Å². The molecule has 5 nitrogen and oxygen atoms in total. The van der Waals surface area contributed by atoms with E-state index in [4.69, 9.17) is 21.6 Å². The lowest BCUT2D eigenvalue weighted by molar-refractivity contribution is 0.0827. The Labute approximate surface area is 98.4 Å². The molecule has 0 fully saturated rings. The Morgan fingerprint density at radius 3 is 2.50 bits per heavy atom. The fraction of sp³-hybridized carbons (Fsp3) is 0.222. The van der Waals surface area contributed by atoms with E-state index < -0.39 is 7.32 Å². The van der Waals surface area contributed by atoms with Crippen molar-refractivity contribution < 1.29 is 19.5 Å². The van der Waals surface area contributed by atoms with Crippen LogP contribution in [0.3, 0.4) is 0 Å². The molecular formula is C9H11BClNO4. The number of nitrogens with zero attached hydrogens (tertiary/aromatic N) is 1. The highest BCUT2D eigenvalue weighted by molar-refractivity contribution is 6.36. The zero-order chi connectivity index (χ0) is 12.3. The summed E-state index contributed by atoms with van der Waals surface area (Å²) in [5.74, 6) is -0.0926. The van der Waals surface area contributed by atoms with Gasteiger partial charge in [0, 0.05) is 19.7 Å². The van der Waals surface area contributed by atoms with Gasteiger partial charge >= 0.3 is 7.32 Å². The molecule has 86 valence electrons. The number of carbonyl (C=O) groups is 1. The van der Waals surface area contributed by atoms with Gasteiger partial charge in [-0.3, -0.25) is 4.79 Å². The van der Waals surface area contributed by atoms with Crippen LogP contribution in [-0.2, 0) is 0 Å². The molecule has 7 heteroatoms. The van der Waals surface area contributed by atoms with Gasteiger partial charge in [-0.15, -0.1) is 0 Å². The number of benzene rings is 1. The largest absolute Gasteiger partial charge is 0.707 e. The highest BCUT2D eigenvalue weighted by atomic mass is 35.5. The monoisotopic (exact) mass is 243 g/mol. The average Bonchev–Trinajstić information content (AvgIpc) is 2.19. The first-order chi connectivity index (χ1) is 7.41. The van der Waals surface area contributed by atoms with Crippen LogP contribution in [-0.4, -0.2) is 42.3 Å². The number of carbonyl (C=O) groups excluding carboxylic acids is 1. The molecule has 1 aromatic rings. The molecule has 1 rings (SSSR count). The second-order valence-electron chi connectivity index (χ2n) is 3.29. The first kappa shape index (κ1) is 12.8. The van der Waals surface area contributed by atoms with Gasteiger partial charge in [0.05, 0.1) is 5.02 Å². The van der Waals surface area contributed by atoms with Crippen molar-refractivity contribution in [2.75, 3.05) is 14.1 Å². The molecule has 0 aliphatic heterocycles. The topological polar surface area (TPSA) is 70.0 Å². The van der Waals surface area contributed by atoms with E-state index in [2.05, 4.69) is 4.65 Å². The Hall–Kier alpha value is -1.24. The van der Waals surface area contributed by atoms with Gasteiger partial charge in [-0.1, -0.05) is 11.6 Å². The quantitative estimate of drug-likeness (QED) is 0.754. The van der Waals surface area contributed by atoms with Crippen LogP contribution >= 0.6 is 11.6 Å². The molecule has 0 aliphatic carbocycles. The molecule has 0 aliphatic rings. The van der Waals surface area contributed by atoms with E-state index in [1.165, 1.54) is 23.1 Å². The standard InChI is InChI=1S/C9H11BClNO4/c1-12(2)9(13)6-3-4-8(7(11)5-6)16-10(14)15/h3-5,14-15H,1-2H3. The van der Waals surface area contributed by atoms with Crippen molar-refractivity contribution in [2.24, 2.45) is 0 Å². The molecule has 0 radical (unpaired) electrons. The van der Waals surface area contributed by atoms with Gasteiger partial charge in [0.15, 0.2) is 0 Å². The van der Waals surface area contributed by atoms with Crippen LogP contribution in [0, 0.1) is 0 Å². The third-order valence-corrected chi connectivity index (χ3v) is 2.11. The Bertz CT molecular complexity index is 397. The maximum atomic E-state index is 11.6. The molecule has 0 bridgehead atoms. The lowest BCUT2D eigenvalue weighted by Crippen LogP contribution is -2.22. The number of hydrogen-bond donors (Lipinski definition) is 2. The van der Waals surface area contributed by atoms with Gasteiger partial charge in [0.1, 0.15) is 5.75 Å². The van der Waals surface area contributed by atoms with Gasteiger partial charge in [-0.25, -0.2) is 0 Å². The summed E-state index contributed by atoms with van der Waals surface area (Å²) in [5.41, 5.74) is 0.398. The van der Waals surface area contributed by atoms with E-state index in [0.29, 0.717) is 5.56 Å². The Balaban J connectivity index is 2.95. The smallest absolute Gasteiger partial charge is 0.511 e. The summed E-state index contributed by atoms with van der Waals surface area (Å²) in [6, 6.07) is 4.30. The maximum absolute atomic E-state index is 11.6. The van der Waals surface area contributed by atoms with Crippen LogP contribution < -0.4 is 4.65 Å². The molecule has 0 heterocycles. The number of amides is 1. The third kappa shape index (κ3) is 3.13. The van der Waals surface area contributed by atoms with Gasteiger partial charge < -0.3 is 19.6 Å².